The molecule has 3 aliphatic carbocycles. The van der Waals surface area contributed by atoms with Gasteiger partial charge >= 0.3 is 0 Å². The number of hydrogen-bond acceptors (Lipinski definition) is 8. The van der Waals surface area contributed by atoms with Gasteiger partial charge in [-0.1, -0.05) is 66.2 Å². The Kier molecular flexibility index (Phi) is 12.3. The van der Waals surface area contributed by atoms with Crippen LogP contribution < -0.4 is 21.3 Å². The third-order valence-electron chi connectivity index (χ3n) is 10.9. The van der Waals surface area contributed by atoms with Crippen molar-refractivity contribution >= 4 is 35.3 Å². The number of nitrogens with one attached hydrogen (secondary N) is 4. The molecule has 0 bridgehead atoms. The van der Waals surface area contributed by atoms with Crippen molar-refractivity contribution in [3.8, 4) is 0 Å². The minimum Gasteiger partial charge on any atom is -0.347 e. The van der Waals surface area contributed by atoms with Gasteiger partial charge in [-0.05, 0) is 68.6 Å². The summed E-state index contributed by atoms with van der Waals surface area (Å²) in [5.74, 6) is -3.12. The normalized spacial score (nSPS) is 24.2. The molecule has 6 atom stereocenters. The number of Topliss-reactive ketones (excluding diaryl/α,β-unsaturated/α-hetero) is 1. The van der Waals surface area contributed by atoms with Gasteiger partial charge in [0.25, 0.3) is 11.8 Å². The van der Waals surface area contributed by atoms with Crippen LogP contribution in [0.15, 0.2) is 18.6 Å². The lowest BCUT2D eigenvalue weighted by molar-refractivity contribution is -0.147. The summed E-state index contributed by atoms with van der Waals surface area (Å²) in [4.78, 5) is 91.9. The highest BCUT2D eigenvalue weighted by Gasteiger charge is 2.51. The van der Waals surface area contributed by atoms with E-state index in [1.54, 1.807) is 4.90 Å². The first-order chi connectivity index (χ1) is 23.9. The lowest BCUT2D eigenvalue weighted by Gasteiger charge is -2.40. The number of aromatic nitrogens is 2. The molecule has 1 unspecified atom stereocenters. The predicted octanol–water partition coefficient (Wildman–Crippen LogP) is 2.98. The second kappa shape index (κ2) is 16.4. The topological polar surface area (TPSA) is 180 Å². The second-order valence-corrected chi connectivity index (χ2v) is 15.8. The summed E-state index contributed by atoms with van der Waals surface area (Å²) in [7, 11) is 0. The molecule has 5 amide bonds. The molecule has 274 valence electrons. The Morgan fingerprint density at radius 1 is 0.880 bits per heavy atom. The van der Waals surface area contributed by atoms with Crippen molar-refractivity contribution < 1.29 is 28.8 Å². The molecule has 1 saturated heterocycles. The number of carbonyl (C=O) groups is 6. The summed E-state index contributed by atoms with van der Waals surface area (Å²) in [5, 5.41) is 11.5. The van der Waals surface area contributed by atoms with Crippen molar-refractivity contribution in [1.82, 2.24) is 36.1 Å². The molecule has 4 aliphatic rings. The van der Waals surface area contributed by atoms with Crippen molar-refractivity contribution in [2.45, 2.75) is 154 Å². The molecule has 4 fully saturated rings. The average molecular weight is 694 g/mol. The van der Waals surface area contributed by atoms with E-state index >= 15 is 0 Å². The van der Waals surface area contributed by atoms with Gasteiger partial charge in [0, 0.05) is 24.5 Å². The Morgan fingerprint density at radius 3 is 2.22 bits per heavy atom. The van der Waals surface area contributed by atoms with Gasteiger partial charge < -0.3 is 26.2 Å². The molecule has 13 nitrogen and oxygen atoms in total. The van der Waals surface area contributed by atoms with Crippen LogP contribution in [0.25, 0.3) is 0 Å². The molecule has 5 rings (SSSR count). The smallest absolute Gasteiger partial charge is 0.289 e. The van der Waals surface area contributed by atoms with Gasteiger partial charge in [0.05, 0.1) is 12.2 Å². The lowest BCUT2D eigenvalue weighted by Crippen LogP contribution is -2.63. The van der Waals surface area contributed by atoms with E-state index in [9.17, 15) is 28.8 Å². The van der Waals surface area contributed by atoms with Crippen LogP contribution in [0.3, 0.4) is 0 Å². The summed E-state index contributed by atoms with van der Waals surface area (Å²) in [6, 6.07) is -3.89. The summed E-state index contributed by atoms with van der Waals surface area (Å²) >= 11 is 0. The first-order valence-corrected chi connectivity index (χ1v) is 18.7. The number of ketones is 1. The fourth-order valence-corrected chi connectivity index (χ4v) is 8.01. The summed E-state index contributed by atoms with van der Waals surface area (Å²) in [6.45, 7) is 7.52. The van der Waals surface area contributed by atoms with Gasteiger partial charge in [0.2, 0.25) is 23.5 Å². The van der Waals surface area contributed by atoms with Crippen LogP contribution >= 0.6 is 0 Å². The number of carbonyl (C=O) groups excluding carboxylic acids is 6. The number of likely N-dealkylation sites (tertiary alicyclic amines) is 1. The quantitative estimate of drug-likeness (QED) is 0.228. The summed E-state index contributed by atoms with van der Waals surface area (Å²) in [6.07, 6.45) is 15.3. The highest BCUT2D eigenvalue weighted by Crippen LogP contribution is 2.41. The molecule has 3 saturated carbocycles. The van der Waals surface area contributed by atoms with Crippen LogP contribution in [-0.2, 0) is 24.0 Å². The SMILES string of the molecule is CCC[C@@H](NC(=O)[C@@H]1C[C@@H]2CCCC[C@@H]2N1C(=O)[C@@H](NC(=O)C(NC(=O)c1cnccn1)C1CCCCC1)C(C)(C)C)C(=O)C(=O)NC1CC1. The molecule has 0 aromatic carbocycles. The van der Waals surface area contributed by atoms with Gasteiger partial charge in [-0.2, -0.15) is 0 Å². The van der Waals surface area contributed by atoms with E-state index in [0.717, 1.165) is 70.6 Å². The Labute approximate surface area is 295 Å². The number of fused-ring (bicyclic) bond motifs is 1. The molecule has 1 aliphatic heterocycles. The monoisotopic (exact) mass is 693 g/mol. The fraction of sp³-hybridized carbons (Fsp3) is 0.730. The van der Waals surface area contributed by atoms with Gasteiger partial charge in [-0.25, -0.2) is 4.98 Å². The summed E-state index contributed by atoms with van der Waals surface area (Å²) < 4.78 is 0. The minimum absolute atomic E-state index is 0.0121. The predicted molar refractivity (Wildman–Crippen MR) is 185 cm³/mol. The van der Waals surface area contributed by atoms with Crippen LogP contribution in [0.4, 0.5) is 0 Å². The van der Waals surface area contributed by atoms with E-state index < -0.39 is 59.0 Å². The highest BCUT2D eigenvalue weighted by atomic mass is 16.2. The number of hydrogen-bond donors (Lipinski definition) is 4. The van der Waals surface area contributed by atoms with Crippen molar-refractivity contribution in [1.29, 1.82) is 0 Å². The molecule has 1 aromatic rings. The zero-order valence-corrected chi connectivity index (χ0v) is 30.0. The van der Waals surface area contributed by atoms with E-state index in [2.05, 4.69) is 31.2 Å². The zero-order chi connectivity index (χ0) is 36.0. The molecule has 50 heavy (non-hydrogen) atoms. The molecule has 0 radical (unpaired) electrons. The van der Waals surface area contributed by atoms with Gasteiger partial charge in [-0.3, -0.25) is 33.8 Å². The van der Waals surface area contributed by atoms with Crippen LogP contribution in [0.2, 0.25) is 0 Å². The Balaban J connectivity index is 1.38. The molecule has 2 heterocycles. The Bertz CT molecular complexity index is 1400. The van der Waals surface area contributed by atoms with E-state index in [4.69, 9.17) is 0 Å². The number of rotatable bonds is 13. The third-order valence-corrected chi connectivity index (χ3v) is 10.9. The molecular formula is C37H55N7O6. The summed E-state index contributed by atoms with van der Waals surface area (Å²) in [5.41, 5.74) is -0.641. The number of amides is 5. The molecule has 0 spiro atoms. The van der Waals surface area contributed by atoms with Crippen molar-refractivity contribution in [3.05, 3.63) is 24.3 Å². The maximum Gasteiger partial charge on any atom is 0.289 e. The van der Waals surface area contributed by atoms with Crippen molar-refractivity contribution in [2.75, 3.05) is 0 Å². The Hall–Kier alpha value is -3.90. The maximum atomic E-state index is 14.8. The minimum atomic E-state index is -0.997. The zero-order valence-electron chi connectivity index (χ0n) is 30.0. The molecule has 1 aromatic heterocycles. The van der Waals surface area contributed by atoms with Gasteiger partial charge in [-0.15, -0.1) is 0 Å². The van der Waals surface area contributed by atoms with E-state index in [1.807, 2.05) is 27.7 Å². The standard InChI is InChI=1S/C37H55N7O6/c1-5-11-25(30(45)35(49)40-24-16-17-24)41-33(47)28-20-23-14-9-10-15-27(23)44(28)36(50)31(37(2,3)4)43-34(48)29(22-12-7-6-8-13-22)42-32(46)26-21-38-18-19-39-26/h18-19,21-25,27-29,31H,5-17,20H2,1-4H3,(H,40,49)(H,41,47)(H,42,46)(H,43,48)/t23-,25+,27-,28-,29?,31+/m0/s1. The molecule has 13 heteroatoms. The van der Waals surface area contributed by atoms with Gasteiger partial charge in [0.15, 0.2) is 0 Å². The van der Waals surface area contributed by atoms with E-state index in [0.29, 0.717) is 19.3 Å². The first-order valence-electron chi connectivity index (χ1n) is 18.7. The van der Waals surface area contributed by atoms with E-state index in [-0.39, 0.29) is 35.5 Å². The van der Waals surface area contributed by atoms with Crippen LogP contribution in [-0.4, -0.2) is 86.4 Å². The second-order valence-electron chi connectivity index (χ2n) is 15.8. The van der Waals surface area contributed by atoms with Gasteiger partial charge in [0.1, 0.15) is 23.8 Å². The highest BCUT2D eigenvalue weighted by molar-refractivity contribution is 6.38. The van der Waals surface area contributed by atoms with Crippen LogP contribution in [0.1, 0.15) is 128 Å². The number of nitrogens with zero attached hydrogens (tertiary/aromatic N) is 3. The van der Waals surface area contributed by atoms with Crippen LogP contribution in [0, 0.1) is 17.3 Å². The van der Waals surface area contributed by atoms with E-state index in [1.165, 1.54) is 18.6 Å². The van der Waals surface area contributed by atoms with Crippen molar-refractivity contribution in [2.24, 2.45) is 17.3 Å². The average Bonchev–Trinajstić information content (AvgIpc) is 3.84. The largest absolute Gasteiger partial charge is 0.347 e. The van der Waals surface area contributed by atoms with Crippen molar-refractivity contribution in [3.63, 3.8) is 0 Å². The fourth-order valence-electron chi connectivity index (χ4n) is 8.01. The van der Waals surface area contributed by atoms with Crippen LogP contribution in [0.5, 0.6) is 0 Å². The lowest BCUT2D eigenvalue weighted by atomic mass is 9.81. The first kappa shape index (κ1) is 37.4. The molecular weight excluding hydrogens is 638 g/mol. The third kappa shape index (κ3) is 9.06. The maximum absolute atomic E-state index is 14.8. The molecule has 4 N–H and O–H groups in total. The Morgan fingerprint density at radius 2 is 1.58 bits per heavy atom.